The molecular formula is C13H19N3O6S. The first-order valence-corrected chi connectivity index (χ1v) is 8.58. The van der Waals surface area contributed by atoms with Crippen molar-refractivity contribution in [3.8, 4) is 0 Å². The predicted molar refractivity (Wildman–Crippen MR) is 81.2 cm³/mol. The van der Waals surface area contributed by atoms with E-state index < -0.39 is 22.0 Å². The molecule has 0 atom stereocenters. The van der Waals surface area contributed by atoms with Gasteiger partial charge < -0.3 is 10.2 Å². The van der Waals surface area contributed by atoms with Gasteiger partial charge >= 0.3 is 11.9 Å². The van der Waals surface area contributed by atoms with Gasteiger partial charge in [0.15, 0.2) is 0 Å². The third-order valence-electron chi connectivity index (χ3n) is 3.09. The van der Waals surface area contributed by atoms with Gasteiger partial charge in [-0.2, -0.15) is 4.31 Å². The zero-order chi connectivity index (χ0) is 17.5. The first-order chi connectivity index (χ1) is 10.7. The summed E-state index contributed by atoms with van der Waals surface area (Å²) in [6, 6.07) is 5.85. The number of sulfonamides is 1. The summed E-state index contributed by atoms with van der Waals surface area (Å²) in [5.41, 5.74) is 1.03. The lowest BCUT2D eigenvalue weighted by Crippen LogP contribution is -2.47. The maximum Gasteiger partial charge on any atom is 0.414 e. The molecule has 9 nitrogen and oxygen atoms in total. The molecule has 10 heteroatoms. The smallest absolute Gasteiger partial charge is 0.414 e. The predicted octanol–water partition coefficient (Wildman–Crippen LogP) is -0.686. The molecule has 0 radical (unpaired) electrons. The number of piperazine rings is 1. The number of hydrogen-bond donors (Lipinski definition) is 2. The van der Waals surface area contributed by atoms with Crippen LogP contribution in [0.25, 0.3) is 0 Å². The molecule has 1 aliphatic rings. The summed E-state index contributed by atoms with van der Waals surface area (Å²) in [5.74, 6) is -3.65. The van der Waals surface area contributed by atoms with E-state index in [4.69, 9.17) is 19.8 Å². The van der Waals surface area contributed by atoms with Gasteiger partial charge in [0, 0.05) is 38.9 Å². The van der Waals surface area contributed by atoms with Gasteiger partial charge in [0.1, 0.15) is 0 Å². The SMILES string of the molecule is CS(=O)(=O)N1CCN(Cc2ccccn2)CC1.O=C(O)C(=O)O. The fourth-order valence-corrected chi connectivity index (χ4v) is 2.77. The zero-order valence-corrected chi connectivity index (χ0v) is 13.4. The van der Waals surface area contributed by atoms with Crippen molar-refractivity contribution >= 4 is 22.0 Å². The van der Waals surface area contributed by atoms with Crippen molar-refractivity contribution in [2.45, 2.75) is 6.54 Å². The van der Waals surface area contributed by atoms with Crippen LogP contribution in [0.4, 0.5) is 0 Å². The van der Waals surface area contributed by atoms with E-state index in [0.29, 0.717) is 13.1 Å². The molecule has 0 aromatic carbocycles. The lowest BCUT2D eigenvalue weighted by molar-refractivity contribution is -0.159. The number of hydrogen-bond acceptors (Lipinski definition) is 6. The maximum atomic E-state index is 11.3. The second-order valence-electron chi connectivity index (χ2n) is 4.87. The van der Waals surface area contributed by atoms with Gasteiger partial charge in [0.2, 0.25) is 10.0 Å². The molecule has 1 aromatic heterocycles. The van der Waals surface area contributed by atoms with Crippen LogP contribution >= 0.6 is 0 Å². The third kappa shape index (κ3) is 7.17. The number of nitrogens with zero attached hydrogens (tertiary/aromatic N) is 3. The van der Waals surface area contributed by atoms with Gasteiger partial charge in [-0.25, -0.2) is 18.0 Å². The summed E-state index contributed by atoms with van der Waals surface area (Å²) >= 11 is 0. The van der Waals surface area contributed by atoms with E-state index in [9.17, 15) is 8.42 Å². The minimum Gasteiger partial charge on any atom is -0.473 e. The van der Waals surface area contributed by atoms with Crippen molar-refractivity contribution in [1.82, 2.24) is 14.2 Å². The molecule has 1 aliphatic heterocycles. The Morgan fingerprint density at radius 3 is 2.09 bits per heavy atom. The van der Waals surface area contributed by atoms with Gasteiger partial charge in [-0.15, -0.1) is 0 Å². The normalized spacial score (nSPS) is 16.2. The highest BCUT2D eigenvalue weighted by Crippen LogP contribution is 2.08. The Morgan fingerprint density at radius 1 is 1.13 bits per heavy atom. The summed E-state index contributed by atoms with van der Waals surface area (Å²) in [4.78, 5) is 24.7. The molecule has 0 bridgehead atoms. The number of carboxylic acids is 2. The fraction of sp³-hybridized carbons (Fsp3) is 0.462. The van der Waals surface area contributed by atoms with E-state index in [2.05, 4.69) is 9.88 Å². The Kier molecular flexibility index (Phi) is 7.07. The first kappa shape index (κ1) is 19.0. The van der Waals surface area contributed by atoms with E-state index in [1.165, 1.54) is 10.6 Å². The van der Waals surface area contributed by atoms with Crippen molar-refractivity contribution in [3.63, 3.8) is 0 Å². The molecule has 23 heavy (non-hydrogen) atoms. The zero-order valence-electron chi connectivity index (χ0n) is 12.6. The molecule has 0 aliphatic carbocycles. The van der Waals surface area contributed by atoms with Gasteiger partial charge in [-0.3, -0.25) is 9.88 Å². The van der Waals surface area contributed by atoms with Crippen molar-refractivity contribution in [2.24, 2.45) is 0 Å². The molecule has 2 heterocycles. The van der Waals surface area contributed by atoms with Crippen molar-refractivity contribution < 1.29 is 28.2 Å². The van der Waals surface area contributed by atoms with Crippen LogP contribution in [-0.2, 0) is 26.2 Å². The third-order valence-corrected chi connectivity index (χ3v) is 4.40. The fourth-order valence-electron chi connectivity index (χ4n) is 1.94. The average molecular weight is 345 g/mol. The highest BCUT2D eigenvalue weighted by atomic mass is 32.2. The second-order valence-corrected chi connectivity index (χ2v) is 6.85. The van der Waals surface area contributed by atoms with E-state index in [0.717, 1.165) is 25.3 Å². The average Bonchev–Trinajstić information content (AvgIpc) is 2.48. The minimum absolute atomic E-state index is 0.575. The maximum absolute atomic E-state index is 11.3. The highest BCUT2D eigenvalue weighted by molar-refractivity contribution is 7.88. The van der Waals surface area contributed by atoms with Crippen molar-refractivity contribution in [2.75, 3.05) is 32.4 Å². The second kappa shape index (κ2) is 8.56. The molecule has 1 fully saturated rings. The molecule has 0 spiro atoms. The largest absolute Gasteiger partial charge is 0.473 e. The van der Waals surface area contributed by atoms with Gasteiger partial charge in [0.25, 0.3) is 0 Å². The van der Waals surface area contributed by atoms with Gasteiger partial charge in [-0.1, -0.05) is 6.07 Å². The van der Waals surface area contributed by atoms with Crippen LogP contribution in [0, 0.1) is 0 Å². The number of carbonyl (C=O) groups is 2. The number of rotatable bonds is 3. The quantitative estimate of drug-likeness (QED) is 0.689. The van der Waals surface area contributed by atoms with Crippen molar-refractivity contribution in [1.29, 1.82) is 0 Å². The van der Waals surface area contributed by atoms with Crippen LogP contribution in [-0.4, -0.2) is 77.2 Å². The molecule has 0 saturated carbocycles. The molecule has 0 amide bonds. The summed E-state index contributed by atoms with van der Waals surface area (Å²) in [6.45, 7) is 3.48. The van der Waals surface area contributed by atoms with Crippen LogP contribution in [0.2, 0.25) is 0 Å². The molecule has 1 aromatic rings. The summed E-state index contributed by atoms with van der Waals surface area (Å²) in [7, 11) is -3.03. The Labute approximate surface area is 134 Å². The van der Waals surface area contributed by atoms with Gasteiger partial charge in [-0.05, 0) is 12.1 Å². The number of pyridine rings is 1. The first-order valence-electron chi connectivity index (χ1n) is 6.73. The van der Waals surface area contributed by atoms with E-state index in [1.54, 1.807) is 6.20 Å². The minimum atomic E-state index is -3.03. The van der Waals surface area contributed by atoms with Gasteiger partial charge in [0.05, 0.1) is 11.9 Å². The lowest BCUT2D eigenvalue weighted by Gasteiger charge is -2.32. The topological polar surface area (TPSA) is 128 Å². The number of carboxylic acid groups (broad SMARTS) is 2. The summed E-state index contributed by atoms with van der Waals surface area (Å²) in [5, 5.41) is 14.8. The van der Waals surface area contributed by atoms with Crippen LogP contribution in [0.5, 0.6) is 0 Å². The van der Waals surface area contributed by atoms with Crippen LogP contribution in [0.3, 0.4) is 0 Å². The van der Waals surface area contributed by atoms with E-state index in [-0.39, 0.29) is 0 Å². The van der Waals surface area contributed by atoms with E-state index >= 15 is 0 Å². The molecule has 1 saturated heterocycles. The van der Waals surface area contributed by atoms with Crippen LogP contribution < -0.4 is 0 Å². The number of aliphatic carboxylic acids is 2. The molecular weight excluding hydrogens is 326 g/mol. The molecule has 128 valence electrons. The van der Waals surface area contributed by atoms with E-state index in [1.807, 2.05) is 18.2 Å². The Morgan fingerprint density at radius 2 is 1.70 bits per heavy atom. The lowest BCUT2D eigenvalue weighted by atomic mass is 10.3. The number of aromatic nitrogens is 1. The summed E-state index contributed by atoms with van der Waals surface area (Å²) < 4.78 is 24.2. The Bertz CT molecular complexity index is 614. The summed E-state index contributed by atoms with van der Waals surface area (Å²) in [6.07, 6.45) is 3.05. The van der Waals surface area contributed by atoms with Crippen LogP contribution in [0.1, 0.15) is 5.69 Å². The van der Waals surface area contributed by atoms with Crippen molar-refractivity contribution in [3.05, 3.63) is 30.1 Å². The Hall–Kier alpha value is -2.04. The standard InChI is InChI=1S/C11H17N3O2S.C2H2O4/c1-17(15,16)14-8-6-13(7-9-14)10-11-4-2-3-5-12-11;3-1(4)2(5)6/h2-5H,6-10H2,1H3;(H,3,4)(H,5,6). The highest BCUT2D eigenvalue weighted by Gasteiger charge is 2.23. The van der Waals surface area contributed by atoms with Crippen LogP contribution in [0.15, 0.2) is 24.4 Å². The monoisotopic (exact) mass is 345 g/mol. The molecule has 2 rings (SSSR count). The Balaban J connectivity index is 0.000000379. The molecule has 2 N–H and O–H groups in total. The molecule has 0 unspecified atom stereocenters.